The van der Waals surface area contributed by atoms with Gasteiger partial charge >= 0.3 is 0 Å². The first-order valence-corrected chi connectivity index (χ1v) is 9.11. The summed E-state index contributed by atoms with van der Waals surface area (Å²) in [5.41, 5.74) is 1.40. The molecule has 0 N–H and O–H groups in total. The maximum atomic E-state index is 12.5. The van der Waals surface area contributed by atoms with Gasteiger partial charge in [-0.1, -0.05) is 49.6 Å². The van der Waals surface area contributed by atoms with Crippen LogP contribution in [0.2, 0.25) is 0 Å². The number of likely N-dealkylation sites (tertiary alicyclic amines) is 1. The number of carbonyl (C=O) groups is 1. The van der Waals surface area contributed by atoms with Gasteiger partial charge in [-0.25, -0.2) is 0 Å². The van der Waals surface area contributed by atoms with Crippen molar-refractivity contribution in [1.82, 2.24) is 4.90 Å². The summed E-state index contributed by atoms with van der Waals surface area (Å²) in [5.74, 6) is 2.39. The molecule has 0 bridgehead atoms. The van der Waals surface area contributed by atoms with Gasteiger partial charge in [0.05, 0.1) is 0 Å². The summed E-state index contributed by atoms with van der Waals surface area (Å²) in [4.78, 5) is 15.2. The second-order valence-corrected chi connectivity index (χ2v) is 7.52. The molecule has 2 saturated carbocycles. The highest BCUT2D eigenvalue weighted by molar-refractivity contribution is 5.84. The van der Waals surface area contributed by atoms with Crippen LogP contribution in [0, 0.1) is 17.8 Å². The Labute approximate surface area is 133 Å². The van der Waals surface area contributed by atoms with Crippen LogP contribution in [0.5, 0.6) is 0 Å². The molecule has 1 aliphatic heterocycles. The number of piperidine rings is 1. The van der Waals surface area contributed by atoms with E-state index in [0.717, 1.165) is 18.9 Å². The van der Waals surface area contributed by atoms with E-state index in [2.05, 4.69) is 42.2 Å². The van der Waals surface area contributed by atoms with E-state index in [1.165, 1.54) is 37.7 Å². The Hall–Kier alpha value is -1.15. The third kappa shape index (κ3) is 2.23. The molecule has 1 aromatic rings. The van der Waals surface area contributed by atoms with Gasteiger partial charge in [-0.3, -0.25) is 9.69 Å². The van der Waals surface area contributed by atoms with Gasteiger partial charge in [0.15, 0.2) is 0 Å². The SMILES string of the molecule is CC(c1ccccc1)N1CCC(=O)C2C3CCCCCC3C21. The molecule has 1 saturated heterocycles. The quantitative estimate of drug-likeness (QED) is 0.814. The number of Topliss-reactive ketones (excluding diaryl/α,β-unsaturated/α-hetero) is 1. The highest BCUT2D eigenvalue weighted by atomic mass is 16.1. The van der Waals surface area contributed by atoms with Crippen LogP contribution >= 0.6 is 0 Å². The summed E-state index contributed by atoms with van der Waals surface area (Å²) in [6.07, 6.45) is 7.48. The lowest BCUT2D eigenvalue weighted by atomic mass is 9.54. The van der Waals surface area contributed by atoms with E-state index in [1.54, 1.807) is 0 Å². The van der Waals surface area contributed by atoms with E-state index in [1.807, 2.05) is 0 Å². The Morgan fingerprint density at radius 1 is 1.05 bits per heavy atom. The van der Waals surface area contributed by atoms with Gasteiger partial charge in [-0.15, -0.1) is 0 Å². The van der Waals surface area contributed by atoms with Crippen molar-refractivity contribution in [1.29, 1.82) is 0 Å². The van der Waals surface area contributed by atoms with Crippen molar-refractivity contribution < 1.29 is 4.79 Å². The molecule has 2 aliphatic carbocycles. The fourth-order valence-corrected chi connectivity index (χ4v) is 5.42. The summed E-state index contributed by atoms with van der Waals surface area (Å²) in [5, 5.41) is 0. The minimum Gasteiger partial charge on any atom is -0.299 e. The molecule has 1 heterocycles. The van der Waals surface area contributed by atoms with Crippen molar-refractivity contribution in [3.8, 4) is 0 Å². The highest BCUT2D eigenvalue weighted by Gasteiger charge is 2.57. The monoisotopic (exact) mass is 297 g/mol. The van der Waals surface area contributed by atoms with Crippen molar-refractivity contribution in [2.24, 2.45) is 17.8 Å². The Morgan fingerprint density at radius 2 is 1.77 bits per heavy atom. The van der Waals surface area contributed by atoms with Crippen molar-refractivity contribution in [3.05, 3.63) is 35.9 Å². The lowest BCUT2D eigenvalue weighted by molar-refractivity contribution is -0.156. The number of ketones is 1. The molecule has 1 aromatic carbocycles. The van der Waals surface area contributed by atoms with Crippen LogP contribution in [0.3, 0.4) is 0 Å². The van der Waals surface area contributed by atoms with E-state index >= 15 is 0 Å². The van der Waals surface area contributed by atoms with Crippen LogP contribution < -0.4 is 0 Å². The van der Waals surface area contributed by atoms with Crippen LogP contribution in [0.25, 0.3) is 0 Å². The van der Waals surface area contributed by atoms with Crippen LogP contribution in [0.4, 0.5) is 0 Å². The topological polar surface area (TPSA) is 20.3 Å². The number of carbonyl (C=O) groups excluding carboxylic acids is 1. The maximum Gasteiger partial charge on any atom is 0.139 e. The van der Waals surface area contributed by atoms with Crippen molar-refractivity contribution in [3.63, 3.8) is 0 Å². The Bertz CT molecular complexity index is 540. The largest absolute Gasteiger partial charge is 0.299 e. The first-order valence-electron chi connectivity index (χ1n) is 9.11. The first kappa shape index (κ1) is 14.4. The molecule has 0 spiro atoms. The van der Waals surface area contributed by atoms with Gasteiger partial charge < -0.3 is 0 Å². The average molecular weight is 297 g/mol. The predicted octanol–water partition coefficient (Wildman–Crippen LogP) is 4.22. The molecule has 4 rings (SSSR count). The Balaban J connectivity index is 1.59. The van der Waals surface area contributed by atoms with Gasteiger partial charge in [0.25, 0.3) is 0 Å². The van der Waals surface area contributed by atoms with Crippen LogP contribution in [-0.4, -0.2) is 23.3 Å². The molecule has 0 amide bonds. The normalized spacial score (nSPS) is 36.7. The minimum atomic E-state index is 0.350. The van der Waals surface area contributed by atoms with Gasteiger partial charge in [0.1, 0.15) is 5.78 Å². The zero-order chi connectivity index (χ0) is 15.1. The molecule has 118 valence electrons. The average Bonchev–Trinajstić information content (AvgIpc) is 2.74. The van der Waals surface area contributed by atoms with Crippen LogP contribution in [-0.2, 0) is 4.79 Å². The second kappa shape index (κ2) is 5.81. The Kier molecular flexibility index (Phi) is 3.81. The number of benzene rings is 1. The second-order valence-electron chi connectivity index (χ2n) is 7.52. The molecule has 0 radical (unpaired) electrons. The van der Waals surface area contributed by atoms with Gasteiger partial charge in [-0.2, -0.15) is 0 Å². The molecule has 22 heavy (non-hydrogen) atoms. The first-order chi connectivity index (χ1) is 10.8. The third-order valence-electron chi connectivity index (χ3n) is 6.54. The van der Waals surface area contributed by atoms with Gasteiger partial charge in [0.2, 0.25) is 0 Å². The molecule has 5 atom stereocenters. The zero-order valence-corrected chi connectivity index (χ0v) is 13.6. The third-order valence-corrected chi connectivity index (χ3v) is 6.54. The molecular formula is C20H27NO. The molecule has 3 aliphatic rings. The summed E-state index contributed by atoms with van der Waals surface area (Å²) in [7, 11) is 0. The number of rotatable bonds is 2. The molecule has 2 heteroatoms. The number of fused-ring (bicyclic) bond motifs is 4. The smallest absolute Gasteiger partial charge is 0.139 e. The zero-order valence-electron chi connectivity index (χ0n) is 13.6. The maximum absolute atomic E-state index is 12.5. The summed E-state index contributed by atoms with van der Waals surface area (Å²) < 4.78 is 0. The molecule has 5 unspecified atom stereocenters. The Morgan fingerprint density at radius 3 is 2.55 bits per heavy atom. The number of hydrogen-bond acceptors (Lipinski definition) is 2. The van der Waals surface area contributed by atoms with E-state index in [0.29, 0.717) is 29.7 Å². The fourth-order valence-electron chi connectivity index (χ4n) is 5.42. The van der Waals surface area contributed by atoms with E-state index < -0.39 is 0 Å². The van der Waals surface area contributed by atoms with Gasteiger partial charge in [-0.05, 0) is 37.2 Å². The summed E-state index contributed by atoms with van der Waals surface area (Å²) >= 11 is 0. The van der Waals surface area contributed by atoms with E-state index in [-0.39, 0.29) is 0 Å². The van der Waals surface area contributed by atoms with E-state index in [4.69, 9.17) is 0 Å². The number of nitrogens with zero attached hydrogens (tertiary/aromatic N) is 1. The molecule has 0 aromatic heterocycles. The van der Waals surface area contributed by atoms with E-state index in [9.17, 15) is 4.79 Å². The molecule has 3 fully saturated rings. The fraction of sp³-hybridized carbons (Fsp3) is 0.650. The molecular weight excluding hydrogens is 270 g/mol. The lowest BCUT2D eigenvalue weighted by Crippen LogP contribution is -2.65. The summed E-state index contributed by atoms with van der Waals surface area (Å²) in [6, 6.07) is 11.8. The van der Waals surface area contributed by atoms with Crippen molar-refractivity contribution in [2.75, 3.05) is 6.54 Å². The van der Waals surface area contributed by atoms with Gasteiger partial charge in [0, 0.05) is 31.0 Å². The molecule has 2 nitrogen and oxygen atoms in total. The minimum absolute atomic E-state index is 0.350. The van der Waals surface area contributed by atoms with Crippen molar-refractivity contribution in [2.45, 2.75) is 57.5 Å². The highest BCUT2D eigenvalue weighted by Crippen LogP contribution is 2.54. The van der Waals surface area contributed by atoms with Crippen LogP contribution in [0.1, 0.15) is 57.1 Å². The number of hydrogen-bond donors (Lipinski definition) is 0. The van der Waals surface area contributed by atoms with Crippen LogP contribution in [0.15, 0.2) is 30.3 Å². The predicted molar refractivity (Wildman–Crippen MR) is 88.5 cm³/mol. The van der Waals surface area contributed by atoms with Crippen molar-refractivity contribution >= 4 is 5.78 Å². The standard InChI is InChI=1S/C20H27NO/c1-14(15-8-4-2-5-9-15)21-13-12-18(22)19-16-10-6-3-7-11-17(16)20(19)21/h2,4-5,8-9,14,16-17,19-20H,3,6-7,10-13H2,1H3. The summed E-state index contributed by atoms with van der Waals surface area (Å²) in [6.45, 7) is 3.28. The lowest BCUT2D eigenvalue weighted by Gasteiger charge is -2.59.